The number of thioether (sulfide) groups is 1. The molecule has 6 heteroatoms. The van der Waals surface area contributed by atoms with Gasteiger partial charge in [0, 0.05) is 10.7 Å². The molecule has 0 aliphatic heterocycles. The lowest BCUT2D eigenvalue weighted by Gasteiger charge is -2.03. The van der Waals surface area contributed by atoms with E-state index >= 15 is 0 Å². The lowest BCUT2D eigenvalue weighted by Crippen LogP contribution is -2.13. The van der Waals surface area contributed by atoms with Gasteiger partial charge in [0.1, 0.15) is 5.52 Å². The van der Waals surface area contributed by atoms with Crippen molar-refractivity contribution < 1.29 is 9.21 Å². The summed E-state index contributed by atoms with van der Waals surface area (Å²) in [5, 5.41) is 3.84. The van der Waals surface area contributed by atoms with E-state index in [4.69, 9.17) is 16.0 Å². The Morgan fingerprint density at radius 1 is 1.24 bits per heavy atom. The van der Waals surface area contributed by atoms with Crippen LogP contribution in [-0.2, 0) is 4.79 Å². The highest BCUT2D eigenvalue weighted by Gasteiger charge is 2.09. The Labute approximate surface area is 130 Å². The van der Waals surface area contributed by atoms with Gasteiger partial charge in [-0.2, -0.15) is 0 Å². The number of hydrogen-bond acceptors (Lipinski definition) is 4. The first-order valence-corrected chi connectivity index (χ1v) is 7.61. The summed E-state index contributed by atoms with van der Waals surface area (Å²) >= 11 is 7.12. The fraction of sp³-hybridized carbons (Fsp3) is 0.0667. The van der Waals surface area contributed by atoms with Gasteiger partial charge >= 0.3 is 0 Å². The zero-order valence-corrected chi connectivity index (χ0v) is 12.4. The molecular formula is C15H11ClN2O2S. The highest BCUT2D eigenvalue weighted by atomic mass is 35.5. The number of fused-ring (bicyclic) bond motifs is 1. The molecule has 1 aromatic heterocycles. The van der Waals surface area contributed by atoms with E-state index in [-0.39, 0.29) is 11.7 Å². The Morgan fingerprint density at radius 3 is 2.90 bits per heavy atom. The molecule has 0 aliphatic rings. The van der Waals surface area contributed by atoms with Crippen LogP contribution in [0.2, 0.25) is 5.02 Å². The van der Waals surface area contributed by atoms with Crippen LogP contribution in [0.15, 0.2) is 58.2 Å². The number of benzene rings is 2. The van der Waals surface area contributed by atoms with Crippen molar-refractivity contribution in [2.24, 2.45) is 0 Å². The number of oxazole rings is 1. The second-order valence-electron chi connectivity index (χ2n) is 4.29. The van der Waals surface area contributed by atoms with Gasteiger partial charge in [-0.1, -0.05) is 41.6 Å². The molecule has 0 saturated heterocycles. The van der Waals surface area contributed by atoms with Crippen LogP contribution in [0.5, 0.6) is 0 Å². The van der Waals surface area contributed by atoms with E-state index < -0.39 is 0 Å². The van der Waals surface area contributed by atoms with Crippen molar-refractivity contribution in [1.82, 2.24) is 4.98 Å². The number of hydrogen-bond donors (Lipinski definition) is 1. The number of para-hydroxylation sites is 2. The summed E-state index contributed by atoms with van der Waals surface area (Å²) in [5.74, 6) is 0.0869. The third-order valence-corrected chi connectivity index (χ3v) is 3.77. The Kier molecular flexibility index (Phi) is 4.13. The van der Waals surface area contributed by atoms with Gasteiger partial charge in [-0.05, 0) is 30.3 Å². The van der Waals surface area contributed by atoms with Crippen LogP contribution in [0.4, 0.5) is 5.69 Å². The summed E-state index contributed by atoms with van der Waals surface area (Å²) in [6.07, 6.45) is 0. The standard InChI is InChI=1S/C15H11ClN2O2S/c16-10-4-3-5-11(8-10)17-14(19)9-21-15-18-12-6-1-2-7-13(12)20-15/h1-8H,9H2,(H,17,19). The Hall–Kier alpha value is -1.98. The largest absolute Gasteiger partial charge is 0.431 e. The fourth-order valence-electron chi connectivity index (χ4n) is 1.80. The third kappa shape index (κ3) is 3.56. The molecular weight excluding hydrogens is 308 g/mol. The molecule has 4 nitrogen and oxygen atoms in total. The van der Waals surface area contributed by atoms with E-state index in [0.29, 0.717) is 15.9 Å². The molecule has 21 heavy (non-hydrogen) atoms. The third-order valence-electron chi connectivity index (χ3n) is 2.71. The van der Waals surface area contributed by atoms with E-state index in [1.54, 1.807) is 24.3 Å². The first-order valence-electron chi connectivity index (χ1n) is 6.24. The molecule has 1 heterocycles. The van der Waals surface area contributed by atoms with Crippen molar-refractivity contribution in [3.8, 4) is 0 Å². The van der Waals surface area contributed by atoms with Gasteiger partial charge in [0.25, 0.3) is 5.22 Å². The number of rotatable bonds is 4. The van der Waals surface area contributed by atoms with Gasteiger partial charge in [-0.15, -0.1) is 0 Å². The molecule has 2 aromatic carbocycles. The monoisotopic (exact) mass is 318 g/mol. The molecule has 0 radical (unpaired) electrons. The van der Waals surface area contributed by atoms with E-state index in [1.807, 2.05) is 24.3 Å². The predicted octanol–water partition coefficient (Wildman–Crippen LogP) is 4.21. The van der Waals surface area contributed by atoms with Gasteiger partial charge < -0.3 is 9.73 Å². The van der Waals surface area contributed by atoms with E-state index in [0.717, 1.165) is 11.1 Å². The van der Waals surface area contributed by atoms with Crippen molar-refractivity contribution in [1.29, 1.82) is 0 Å². The minimum atomic E-state index is -0.135. The van der Waals surface area contributed by atoms with Crippen LogP contribution in [0.3, 0.4) is 0 Å². The number of nitrogens with one attached hydrogen (secondary N) is 1. The molecule has 3 rings (SSSR count). The van der Waals surface area contributed by atoms with Crippen LogP contribution in [-0.4, -0.2) is 16.6 Å². The molecule has 0 fully saturated rings. The summed E-state index contributed by atoms with van der Waals surface area (Å²) in [7, 11) is 0. The zero-order valence-electron chi connectivity index (χ0n) is 10.9. The van der Waals surface area contributed by atoms with E-state index in [1.165, 1.54) is 11.8 Å². The summed E-state index contributed by atoms with van der Waals surface area (Å²) in [4.78, 5) is 16.2. The van der Waals surface area contributed by atoms with Gasteiger partial charge in [-0.3, -0.25) is 4.79 Å². The number of carbonyl (C=O) groups is 1. The Bertz CT molecular complexity index is 755. The second-order valence-corrected chi connectivity index (χ2v) is 5.66. The predicted molar refractivity (Wildman–Crippen MR) is 84.8 cm³/mol. The smallest absolute Gasteiger partial charge is 0.257 e. The van der Waals surface area contributed by atoms with Gasteiger partial charge in [0.05, 0.1) is 5.75 Å². The maximum absolute atomic E-state index is 11.9. The number of aromatic nitrogens is 1. The molecule has 0 atom stereocenters. The lowest BCUT2D eigenvalue weighted by atomic mass is 10.3. The van der Waals surface area contributed by atoms with Crippen LogP contribution in [0, 0.1) is 0 Å². The first kappa shape index (κ1) is 14.0. The molecule has 1 amide bonds. The maximum Gasteiger partial charge on any atom is 0.257 e. The quantitative estimate of drug-likeness (QED) is 0.732. The summed E-state index contributed by atoms with van der Waals surface area (Å²) in [5.41, 5.74) is 2.18. The van der Waals surface area contributed by atoms with Crippen molar-refractivity contribution in [3.63, 3.8) is 0 Å². The van der Waals surface area contributed by atoms with E-state index in [2.05, 4.69) is 10.3 Å². The van der Waals surface area contributed by atoms with Crippen LogP contribution in [0.1, 0.15) is 0 Å². The van der Waals surface area contributed by atoms with Crippen LogP contribution < -0.4 is 5.32 Å². The number of anilines is 1. The molecule has 0 saturated carbocycles. The van der Waals surface area contributed by atoms with Crippen LogP contribution in [0.25, 0.3) is 11.1 Å². The van der Waals surface area contributed by atoms with Gasteiger partial charge in [-0.25, -0.2) is 4.98 Å². The number of amides is 1. The molecule has 0 unspecified atom stereocenters. The number of carbonyl (C=O) groups excluding carboxylic acids is 1. The summed E-state index contributed by atoms with van der Waals surface area (Å²) in [6.45, 7) is 0. The summed E-state index contributed by atoms with van der Waals surface area (Å²) in [6, 6.07) is 14.5. The number of halogens is 1. The molecule has 0 bridgehead atoms. The fourth-order valence-corrected chi connectivity index (χ4v) is 2.63. The van der Waals surface area contributed by atoms with Crippen LogP contribution >= 0.6 is 23.4 Å². The molecule has 0 spiro atoms. The maximum atomic E-state index is 11.9. The Balaban J connectivity index is 1.60. The zero-order chi connectivity index (χ0) is 14.7. The minimum absolute atomic E-state index is 0.135. The Morgan fingerprint density at radius 2 is 2.10 bits per heavy atom. The molecule has 0 aliphatic carbocycles. The normalized spacial score (nSPS) is 10.7. The van der Waals surface area contributed by atoms with Gasteiger partial charge in [0.15, 0.2) is 5.58 Å². The topological polar surface area (TPSA) is 55.1 Å². The number of nitrogens with zero attached hydrogens (tertiary/aromatic N) is 1. The highest BCUT2D eigenvalue weighted by Crippen LogP contribution is 2.23. The highest BCUT2D eigenvalue weighted by molar-refractivity contribution is 7.99. The minimum Gasteiger partial charge on any atom is -0.431 e. The summed E-state index contributed by atoms with van der Waals surface area (Å²) < 4.78 is 5.54. The molecule has 1 N–H and O–H groups in total. The molecule has 3 aromatic rings. The average molecular weight is 319 g/mol. The SMILES string of the molecule is O=C(CSc1nc2ccccc2o1)Nc1cccc(Cl)c1. The second kappa shape index (κ2) is 6.20. The van der Waals surface area contributed by atoms with E-state index in [9.17, 15) is 4.79 Å². The van der Waals surface area contributed by atoms with Crippen molar-refractivity contribution in [2.45, 2.75) is 5.22 Å². The average Bonchev–Trinajstić information content (AvgIpc) is 2.88. The van der Waals surface area contributed by atoms with Crippen molar-refractivity contribution in [3.05, 3.63) is 53.6 Å². The van der Waals surface area contributed by atoms with Gasteiger partial charge in [0.2, 0.25) is 5.91 Å². The van der Waals surface area contributed by atoms with Crippen molar-refractivity contribution >= 4 is 46.1 Å². The van der Waals surface area contributed by atoms with Crippen molar-refractivity contribution in [2.75, 3.05) is 11.1 Å². The lowest BCUT2D eigenvalue weighted by molar-refractivity contribution is -0.113. The first-order chi connectivity index (χ1) is 10.2. The molecule has 106 valence electrons.